The van der Waals surface area contributed by atoms with Crippen LogP contribution in [-0.4, -0.2) is 41.3 Å². The first-order chi connectivity index (χ1) is 13.3. The lowest BCUT2D eigenvalue weighted by atomic mass is 10.0. The van der Waals surface area contributed by atoms with Crippen LogP contribution in [0.15, 0.2) is 12.2 Å². The molecule has 0 N–H and O–H groups in total. The molecule has 0 aliphatic carbocycles. The number of nitrogens with zero attached hydrogens (tertiary/aromatic N) is 1. The number of allylic oxidation sites excluding steroid dienone is 1. The highest BCUT2D eigenvalue weighted by molar-refractivity contribution is 5.81. The van der Waals surface area contributed by atoms with Crippen molar-refractivity contribution < 1.29 is 19.1 Å². The number of esters is 1. The number of unbranched alkanes of at least 4 members (excludes halogenated alkanes) is 4. The zero-order valence-electron chi connectivity index (χ0n) is 18.7. The highest BCUT2D eigenvalue weighted by atomic mass is 16.6. The van der Waals surface area contributed by atoms with Crippen molar-refractivity contribution in [2.24, 2.45) is 0 Å². The average molecular weight is 396 g/mol. The van der Waals surface area contributed by atoms with E-state index in [-0.39, 0.29) is 24.1 Å². The number of carbonyl (C=O) groups excluding carboxylic acids is 2. The van der Waals surface area contributed by atoms with Gasteiger partial charge in [-0.2, -0.15) is 0 Å². The predicted molar refractivity (Wildman–Crippen MR) is 113 cm³/mol. The zero-order chi connectivity index (χ0) is 21.0. The molecular formula is C23H41NO4. The molecule has 5 heteroatoms. The fourth-order valence-corrected chi connectivity index (χ4v) is 3.78. The summed E-state index contributed by atoms with van der Waals surface area (Å²) in [5.74, 6) is -0.303. The monoisotopic (exact) mass is 395 g/mol. The van der Waals surface area contributed by atoms with Gasteiger partial charge in [0.15, 0.2) is 0 Å². The molecule has 1 saturated heterocycles. The van der Waals surface area contributed by atoms with Crippen LogP contribution in [0.5, 0.6) is 0 Å². The summed E-state index contributed by atoms with van der Waals surface area (Å²) < 4.78 is 10.6. The van der Waals surface area contributed by atoms with Gasteiger partial charge in [0, 0.05) is 18.2 Å². The van der Waals surface area contributed by atoms with Crippen molar-refractivity contribution in [3.05, 3.63) is 12.2 Å². The summed E-state index contributed by atoms with van der Waals surface area (Å²) in [4.78, 5) is 26.3. The molecule has 1 aliphatic rings. The zero-order valence-corrected chi connectivity index (χ0v) is 18.7. The Bertz CT molecular complexity index is 495. The normalized spacial score (nSPS) is 20.0. The number of rotatable bonds is 11. The second kappa shape index (κ2) is 12.8. The van der Waals surface area contributed by atoms with Gasteiger partial charge in [0.2, 0.25) is 0 Å². The van der Waals surface area contributed by atoms with Gasteiger partial charge in [0.1, 0.15) is 5.60 Å². The fourth-order valence-electron chi connectivity index (χ4n) is 3.78. The molecule has 0 aromatic rings. The minimum atomic E-state index is -0.486. The molecule has 2 atom stereocenters. The first-order valence-corrected chi connectivity index (χ1v) is 11.1. The van der Waals surface area contributed by atoms with Gasteiger partial charge in [-0.05, 0) is 59.8 Å². The van der Waals surface area contributed by atoms with Crippen molar-refractivity contribution in [2.75, 3.05) is 6.61 Å². The number of likely N-dealkylation sites (tertiary alicyclic amines) is 1. The first kappa shape index (κ1) is 24.5. The molecule has 1 amide bonds. The van der Waals surface area contributed by atoms with Crippen molar-refractivity contribution in [3.63, 3.8) is 0 Å². The van der Waals surface area contributed by atoms with Crippen LogP contribution in [0, 0.1) is 0 Å². The number of carbonyl (C=O) groups is 2. The van der Waals surface area contributed by atoms with Crippen molar-refractivity contribution in [1.29, 1.82) is 0 Å². The minimum absolute atomic E-state index is 0.183. The minimum Gasteiger partial charge on any atom is -0.463 e. The van der Waals surface area contributed by atoms with Gasteiger partial charge in [-0.1, -0.05) is 45.1 Å². The summed E-state index contributed by atoms with van der Waals surface area (Å²) in [6.07, 6.45) is 14.1. The molecule has 0 aromatic heterocycles. The first-order valence-electron chi connectivity index (χ1n) is 11.1. The van der Waals surface area contributed by atoms with Gasteiger partial charge in [-0.15, -0.1) is 0 Å². The van der Waals surface area contributed by atoms with Crippen LogP contribution in [0.4, 0.5) is 4.79 Å². The van der Waals surface area contributed by atoms with Crippen molar-refractivity contribution in [2.45, 2.75) is 117 Å². The Kier molecular flexibility index (Phi) is 11.2. The van der Waals surface area contributed by atoms with Gasteiger partial charge in [-0.25, -0.2) is 9.59 Å². The Hall–Kier alpha value is -1.52. The van der Waals surface area contributed by atoms with E-state index in [1.165, 1.54) is 38.2 Å². The lowest BCUT2D eigenvalue weighted by Crippen LogP contribution is -2.44. The van der Waals surface area contributed by atoms with Crippen LogP contribution < -0.4 is 0 Å². The van der Waals surface area contributed by atoms with Crippen LogP contribution in [0.1, 0.15) is 98.8 Å². The third-order valence-corrected chi connectivity index (χ3v) is 5.07. The molecule has 0 unspecified atom stereocenters. The van der Waals surface area contributed by atoms with Gasteiger partial charge in [0.05, 0.1) is 6.61 Å². The van der Waals surface area contributed by atoms with Crippen molar-refractivity contribution in [1.82, 2.24) is 4.90 Å². The second-order valence-electron chi connectivity index (χ2n) is 8.71. The van der Waals surface area contributed by atoms with Gasteiger partial charge < -0.3 is 14.4 Å². The molecule has 1 heterocycles. The molecule has 0 saturated carbocycles. The molecule has 1 rings (SSSR count). The summed E-state index contributed by atoms with van der Waals surface area (Å²) in [5.41, 5.74) is -0.486. The maximum atomic E-state index is 12.9. The van der Waals surface area contributed by atoms with Crippen molar-refractivity contribution >= 4 is 12.1 Å². The topological polar surface area (TPSA) is 55.8 Å². The second-order valence-corrected chi connectivity index (χ2v) is 8.71. The molecule has 1 aliphatic heterocycles. The fraction of sp³-hybridized carbons (Fsp3) is 0.826. The van der Waals surface area contributed by atoms with E-state index in [0.717, 1.165) is 32.1 Å². The lowest BCUT2D eigenvalue weighted by Gasteiger charge is -2.32. The standard InChI is InChI=1S/C23H41NO4/c1-6-8-9-10-11-14-19-17-18-20(15-12-13-16-21(25)27-7-2)24(19)22(26)28-23(3,4)5/h13,16,19-20H,6-12,14-15,17-18H2,1-5H3/b16-13+/t19-,20+/m0/s1. The predicted octanol–water partition coefficient (Wildman–Crippen LogP) is 6.01. The summed E-state index contributed by atoms with van der Waals surface area (Å²) in [6.45, 7) is 10.2. The van der Waals surface area contributed by atoms with E-state index in [0.29, 0.717) is 6.61 Å². The highest BCUT2D eigenvalue weighted by Crippen LogP contribution is 2.32. The Morgan fingerprint density at radius 3 is 2.25 bits per heavy atom. The van der Waals surface area contributed by atoms with E-state index in [1.807, 2.05) is 31.7 Å². The quantitative estimate of drug-likeness (QED) is 0.244. The lowest BCUT2D eigenvalue weighted by molar-refractivity contribution is -0.137. The largest absolute Gasteiger partial charge is 0.463 e. The van der Waals surface area contributed by atoms with Gasteiger partial charge in [-0.3, -0.25) is 0 Å². The number of hydrogen-bond acceptors (Lipinski definition) is 4. The molecule has 0 spiro atoms. The van der Waals surface area contributed by atoms with E-state index >= 15 is 0 Å². The summed E-state index contributed by atoms with van der Waals surface area (Å²) in [5, 5.41) is 0. The molecule has 5 nitrogen and oxygen atoms in total. The van der Waals surface area contributed by atoms with Crippen LogP contribution in [0.2, 0.25) is 0 Å². The highest BCUT2D eigenvalue weighted by Gasteiger charge is 2.38. The number of hydrogen-bond donors (Lipinski definition) is 0. The molecule has 162 valence electrons. The Morgan fingerprint density at radius 1 is 1.00 bits per heavy atom. The van der Waals surface area contributed by atoms with Crippen molar-refractivity contribution in [3.8, 4) is 0 Å². The van der Waals surface area contributed by atoms with Crippen LogP contribution in [0.25, 0.3) is 0 Å². The Labute approximate surface area is 171 Å². The van der Waals surface area contributed by atoms with Gasteiger partial charge >= 0.3 is 12.1 Å². The van der Waals surface area contributed by atoms with Crippen LogP contribution >= 0.6 is 0 Å². The number of ether oxygens (including phenoxy) is 2. The Morgan fingerprint density at radius 2 is 1.64 bits per heavy atom. The van der Waals surface area contributed by atoms with E-state index in [2.05, 4.69) is 6.92 Å². The third kappa shape index (κ3) is 9.61. The van der Waals surface area contributed by atoms with Crippen LogP contribution in [0.3, 0.4) is 0 Å². The Balaban J connectivity index is 2.62. The number of amides is 1. The molecule has 0 radical (unpaired) electrons. The van der Waals surface area contributed by atoms with Crippen LogP contribution in [-0.2, 0) is 14.3 Å². The summed E-state index contributed by atoms with van der Waals surface area (Å²) >= 11 is 0. The summed E-state index contributed by atoms with van der Waals surface area (Å²) in [7, 11) is 0. The van der Waals surface area contributed by atoms with E-state index in [9.17, 15) is 9.59 Å². The SMILES string of the molecule is CCCCCCC[C@H]1CC[C@@H](CC/C=C/C(=O)OCC)N1C(=O)OC(C)(C)C. The van der Waals surface area contributed by atoms with E-state index < -0.39 is 5.60 Å². The maximum Gasteiger partial charge on any atom is 0.410 e. The van der Waals surface area contributed by atoms with E-state index in [1.54, 1.807) is 6.92 Å². The molecule has 1 fully saturated rings. The molecular weight excluding hydrogens is 354 g/mol. The third-order valence-electron chi connectivity index (χ3n) is 5.07. The smallest absolute Gasteiger partial charge is 0.410 e. The molecule has 28 heavy (non-hydrogen) atoms. The maximum absolute atomic E-state index is 12.9. The van der Waals surface area contributed by atoms with E-state index in [4.69, 9.17) is 9.47 Å². The van der Waals surface area contributed by atoms with Gasteiger partial charge in [0.25, 0.3) is 0 Å². The molecule has 0 bridgehead atoms. The summed E-state index contributed by atoms with van der Waals surface area (Å²) in [6, 6.07) is 0.456. The average Bonchev–Trinajstić information content (AvgIpc) is 3.00. The molecule has 0 aromatic carbocycles.